The number of amides is 1. The Balaban J connectivity index is 1.22. The number of pyridine rings is 3. The second kappa shape index (κ2) is 9.70. The molecule has 0 saturated heterocycles. The molecule has 3 N–H and O–H groups in total. The largest absolute Gasteiger partial charge is 0.335 e. The summed E-state index contributed by atoms with van der Waals surface area (Å²) in [5.74, 6) is 0.773. The molecule has 1 aliphatic rings. The number of fused-ring (bicyclic) bond motifs is 2. The summed E-state index contributed by atoms with van der Waals surface area (Å²) in [6, 6.07) is 10.00. The van der Waals surface area contributed by atoms with Gasteiger partial charge in [0.2, 0.25) is 5.91 Å². The monoisotopic (exact) mass is 534 g/mol. The van der Waals surface area contributed by atoms with Crippen LogP contribution >= 0.6 is 11.3 Å². The van der Waals surface area contributed by atoms with Crippen molar-refractivity contribution in [3.05, 3.63) is 60.0 Å². The van der Waals surface area contributed by atoms with Gasteiger partial charge in [0.1, 0.15) is 11.0 Å². The van der Waals surface area contributed by atoms with Gasteiger partial charge in [-0.05, 0) is 50.1 Å². The average molecular weight is 535 g/mol. The molecule has 0 bridgehead atoms. The minimum atomic E-state index is 0.0747. The van der Waals surface area contributed by atoms with E-state index in [9.17, 15) is 4.79 Å². The fraction of sp³-hybridized carbons (Fsp3) is 0.241. The number of rotatable bonds is 5. The van der Waals surface area contributed by atoms with E-state index in [4.69, 9.17) is 9.97 Å². The molecule has 1 saturated carbocycles. The van der Waals surface area contributed by atoms with Crippen LogP contribution in [0.25, 0.3) is 55.3 Å². The molecule has 6 aromatic heterocycles. The highest BCUT2D eigenvalue weighted by atomic mass is 32.1. The first kappa shape index (κ1) is 23.7. The number of aromatic amines is 2. The second-order valence-electron chi connectivity index (χ2n) is 10.0. The molecule has 6 heterocycles. The highest BCUT2D eigenvalue weighted by Crippen LogP contribution is 2.34. The number of imidazole rings is 1. The molecule has 0 aliphatic heterocycles. The van der Waals surface area contributed by atoms with Gasteiger partial charge in [0.25, 0.3) is 0 Å². The quantitative estimate of drug-likeness (QED) is 0.231. The smallest absolute Gasteiger partial charge is 0.227 e. The summed E-state index contributed by atoms with van der Waals surface area (Å²) < 4.78 is 0. The van der Waals surface area contributed by atoms with Crippen molar-refractivity contribution < 1.29 is 4.79 Å². The number of hydrogen-bond donors (Lipinski definition) is 3. The highest BCUT2D eigenvalue weighted by Gasteiger charge is 2.22. The lowest BCUT2D eigenvalue weighted by Gasteiger charge is -2.20. The SMILES string of the molecule is Cc1ccc(-c2cncc3[nH]c(-c4n[nH]c5ccc(-c6cncc(NC(=O)C7CCCCC7)c6)nc45)nc23)s1. The van der Waals surface area contributed by atoms with Crippen LogP contribution in [0.3, 0.4) is 0 Å². The van der Waals surface area contributed by atoms with Crippen LogP contribution in [0.1, 0.15) is 37.0 Å². The fourth-order valence-corrected chi connectivity index (χ4v) is 6.17. The molecule has 0 radical (unpaired) electrons. The van der Waals surface area contributed by atoms with Crippen LogP contribution in [0.2, 0.25) is 0 Å². The number of carbonyl (C=O) groups excluding carboxylic acids is 1. The van der Waals surface area contributed by atoms with Gasteiger partial charge in [-0.25, -0.2) is 9.97 Å². The van der Waals surface area contributed by atoms with Gasteiger partial charge < -0.3 is 10.3 Å². The number of H-pyrrole nitrogens is 2. The van der Waals surface area contributed by atoms with Crippen LogP contribution in [0.15, 0.2) is 55.1 Å². The zero-order valence-electron chi connectivity index (χ0n) is 21.4. The standard InChI is InChI=1S/C29H26N8OS/c1-16-7-10-24(39-16)20-14-31-15-23-25(20)35-28(34-23)27-26-22(36-37-27)9-8-21(33-26)18-11-19(13-30-12-18)32-29(38)17-5-3-2-4-6-17/h7-15,17H,2-6H2,1H3,(H,32,38)(H,34,35)(H,36,37). The Morgan fingerprint density at radius 3 is 2.67 bits per heavy atom. The molecule has 7 rings (SSSR count). The van der Waals surface area contributed by atoms with Crippen molar-refractivity contribution in [3.8, 4) is 33.2 Å². The van der Waals surface area contributed by atoms with Gasteiger partial charge in [-0.15, -0.1) is 11.3 Å². The summed E-state index contributed by atoms with van der Waals surface area (Å²) in [5, 5.41) is 10.7. The first-order valence-electron chi connectivity index (χ1n) is 13.1. The van der Waals surface area contributed by atoms with Gasteiger partial charge in [-0.1, -0.05) is 19.3 Å². The third kappa shape index (κ3) is 4.46. The van der Waals surface area contributed by atoms with Crippen LogP contribution in [0.4, 0.5) is 5.69 Å². The van der Waals surface area contributed by atoms with E-state index < -0.39 is 0 Å². The number of nitrogens with one attached hydrogen (secondary N) is 3. The zero-order chi connectivity index (χ0) is 26.3. The first-order chi connectivity index (χ1) is 19.1. The number of thiophene rings is 1. The van der Waals surface area contributed by atoms with Gasteiger partial charge in [-0.2, -0.15) is 5.10 Å². The van der Waals surface area contributed by atoms with E-state index in [2.05, 4.69) is 49.5 Å². The van der Waals surface area contributed by atoms with Gasteiger partial charge in [0.15, 0.2) is 11.5 Å². The van der Waals surface area contributed by atoms with Crippen LogP contribution in [-0.2, 0) is 4.79 Å². The fourth-order valence-electron chi connectivity index (χ4n) is 5.29. The van der Waals surface area contributed by atoms with Crippen LogP contribution in [0.5, 0.6) is 0 Å². The van der Waals surface area contributed by atoms with Crippen LogP contribution < -0.4 is 5.32 Å². The topological polar surface area (TPSA) is 125 Å². The predicted octanol–water partition coefficient (Wildman–Crippen LogP) is 6.51. The summed E-state index contributed by atoms with van der Waals surface area (Å²) in [6.07, 6.45) is 12.4. The Kier molecular flexibility index (Phi) is 5.89. The summed E-state index contributed by atoms with van der Waals surface area (Å²) >= 11 is 1.72. The van der Waals surface area contributed by atoms with Crippen molar-refractivity contribution in [3.63, 3.8) is 0 Å². The van der Waals surface area contributed by atoms with E-state index in [0.29, 0.717) is 22.7 Å². The maximum absolute atomic E-state index is 12.8. The Hall–Kier alpha value is -4.44. The minimum Gasteiger partial charge on any atom is -0.335 e. The third-order valence-corrected chi connectivity index (χ3v) is 8.34. The lowest BCUT2D eigenvalue weighted by molar-refractivity contribution is -0.120. The van der Waals surface area contributed by atoms with Gasteiger partial charge in [0.05, 0.1) is 34.8 Å². The number of hydrogen-bond acceptors (Lipinski definition) is 7. The highest BCUT2D eigenvalue weighted by molar-refractivity contribution is 7.15. The molecule has 1 fully saturated rings. The second-order valence-corrected chi connectivity index (χ2v) is 11.3. The first-order valence-corrected chi connectivity index (χ1v) is 14.0. The molecule has 6 aromatic rings. The summed E-state index contributed by atoms with van der Waals surface area (Å²) in [4.78, 5) is 37.1. The van der Waals surface area contributed by atoms with E-state index >= 15 is 0 Å². The van der Waals surface area contributed by atoms with E-state index in [-0.39, 0.29) is 11.8 Å². The molecule has 0 spiro atoms. The van der Waals surface area contributed by atoms with Crippen molar-refractivity contribution in [1.29, 1.82) is 0 Å². The van der Waals surface area contributed by atoms with E-state index in [1.54, 1.807) is 29.9 Å². The lowest BCUT2D eigenvalue weighted by Crippen LogP contribution is -2.24. The molecule has 0 aromatic carbocycles. The number of anilines is 1. The molecular formula is C29H26N8OS. The maximum Gasteiger partial charge on any atom is 0.227 e. The van der Waals surface area contributed by atoms with Crippen molar-refractivity contribution >= 4 is 45.0 Å². The molecule has 1 amide bonds. The van der Waals surface area contributed by atoms with Gasteiger partial charge in [0, 0.05) is 39.2 Å². The van der Waals surface area contributed by atoms with E-state index in [1.165, 1.54) is 11.3 Å². The molecular weight excluding hydrogens is 508 g/mol. The normalized spacial score (nSPS) is 14.3. The Morgan fingerprint density at radius 1 is 0.949 bits per heavy atom. The molecule has 0 atom stereocenters. The van der Waals surface area contributed by atoms with Crippen molar-refractivity contribution in [2.24, 2.45) is 5.92 Å². The number of nitrogens with zero attached hydrogens (tertiary/aromatic N) is 5. The molecule has 9 nitrogen and oxygen atoms in total. The third-order valence-electron chi connectivity index (χ3n) is 7.31. The van der Waals surface area contributed by atoms with Gasteiger partial charge in [-0.3, -0.25) is 19.9 Å². The number of carbonyl (C=O) groups is 1. The zero-order valence-corrected chi connectivity index (χ0v) is 22.2. The van der Waals surface area contributed by atoms with Crippen LogP contribution in [-0.4, -0.2) is 41.0 Å². The Bertz CT molecular complexity index is 1830. The van der Waals surface area contributed by atoms with Crippen molar-refractivity contribution in [2.75, 3.05) is 5.32 Å². The summed E-state index contributed by atoms with van der Waals surface area (Å²) in [6.45, 7) is 2.09. The molecule has 1 aliphatic carbocycles. The van der Waals surface area contributed by atoms with Gasteiger partial charge >= 0.3 is 0 Å². The van der Waals surface area contributed by atoms with E-state index in [1.807, 2.05) is 24.4 Å². The Morgan fingerprint density at radius 2 is 1.82 bits per heavy atom. The number of aryl methyl sites for hydroxylation is 1. The predicted molar refractivity (Wildman–Crippen MR) is 153 cm³/mol. The maximum atomic E-state index is 12.8. The van der Waals surface area contributed by atoms with E-state index in [0.717, 1.165) is 63.9 Å². The van der Waals surface area contributed by atoms with Crippen LogP contribution in [0, 0.1) is 12.8 Å². The lowest BCUT2D eigenvalue weighted by atomic mass is 9.88. The minimum absolute atomic E-state index is 0.0747. The molecule has 194 valence electrons. The number of aromatic nitrogens is 7. The molecule has 39 heavy (non-hydrogen) atoms. The average Bonchev–Trinajstić information content (AvgIpc) is 3.71. The van der Waals surface area contributed by atoms with Crippen molar-refractivity contribution in [1.82, 2.24) is 35.1 Å². The molecule has 0 unspecified atom stereocenters. The van der Waals surface area contributed by atoms with Crippen molar-refractivity contribution in [2.45, 2.75) is 39.0 Å². The summed E-state index contributed by atoms with van der Waals surface area (Å²) in [7, 11) is 0. The summed E-state index contributed by atoms with van der Waals surface area (Å²) in [5.41, 5.74) is 7.03. The Labute approximate surface area is 228 Å². The molecule has 10 heteroatoms.